The van der Waals surface area contributed by atoms with E-state index in [4.69, 9.17) is 4.74 Å². The number of aromatic amines is 1. The Morgan fingerprint density at radius 2 is 1.86 bits per heavy atom. The molecule has 0 unspecified atom stereocenters. The van der Waals surface area contributed by atoms with Gasteiger partial charge in [-0.15, -0.1) is 5.10 Å². The van der Waals surface area contributed by atoms with Gasteiger partial charge in [-0.05, 0) is 33.7 Å². The van der Waals surface area contributed by atoms with Crippen molar-refractivity contribution in [2.75, 3.05) is 17.2 Å². The maximum absolute atomic E-state index is 12.6. The van der Waals surface area contributed by atoms with Crippen LogP contribution in [0.2, 0.25) is 0 Å². The molecule has 3 heterocycles. The van der Waals surface area contributed by atoms with E-state index < -0.39 is 5.91 Å². The molecule has 2 aromatic carbocycles. The molecule has 0 saturated heterocycles. The summed E-state index contributed by atoms with van der Waals surface area (Å²) in [7, 11) is 0. The van der Waals surface area contributed by atoms with Gasteiger partial charge in [-0.25, -0.2) is 15.1 Å². The van der Waals surface area contributed by atoms with Crippen molar-refractivity contribution >= 4 is 29.2 Å². The van der Waals surface area contributed by atoms with E-state index in [1.165, 1.54) is 12.4 Å². The molecule has 5 rings (SSSR count). The quantitative estimate of drug-likeness (QED) is 0.298. The maximum Gasteiger partial charge on any atom is 0.270 e. The van der Waals surface area contributed by atoms with Crippen molar-refractivity contribution in [1.82, 2.24) is 35.9 Å². The standard InChI is InChI=1S/C23H19N9O4/c33-20(8-13-1-4-15(5-2-13)22-29-31-32-30-22)28-19-9-17(25-12-26-19)23(35)24-10-14-3-6-18-16(7-14)27-21(34)11-36-18/h1-7,9,12H,8,10-11H2,(H,24,35)(H,27,34)(H,25,26,28,33)(H,29,30,31,32). The number of carbonyl (C=O) groups is 3. The summed E-state index contributed by atoms with van der Waals surface area (Å²) < 4.78 is 5.33. The lowest BCUT2D eigenvalue weighted by molar-refractivity contribution is -0.118. The largest absolute Gasteiger partial charge is 0.482 e. The number of benzene rings is 2. The third kappa shape index (κ3) is 5.30. The molecule has 1 aliphatic rings. The van der Waals surface area contributed by atoms with Crippen LogP contribution in [0.5, 0.6) is 5.75 Å². The maximum atomic E-state index is 12.6. The molecule has 4 N–H and O–H groups in total. The first-order chi connectivity index (χ1) is 17.5. The molecule has 13 heteroatoms. The molecule has 0 bridgehead atoms. The minimum absolute atomic E-state index is 0.0242. The van der Waals surface area contributed by atoms with Crippen molar-refractivity contribution < 1.29 is 19.1 Å². The first kappa shape index (κ1) is 22.6. The number of hydrogen-bond donors (Lipinski definition) is 4. The molecule has 180 valence electrons. The van der Waals surface area contributed by atoms with Crippen molar-refractivity contribution in [2.24, 2.45) is 0 Å². The Hall–Kier alpha value is -5.20. The molecule has 13 nitrogen and oxygen atoms in total. The average molecular weight is 485 g/mol. The zero-order chi connectivity index (χ0) is 24.9. The molecule has 36 heavy (non-hydrogen) atoms. The second-order valence-corrected chi connectivity index (χ2v) is 7.81. The van der Waals surface area contributed by atoms with Gasteiger partial charge in [0.15, 0.2) is 12.4 Å². The summed E-state index contributed by atoms with van der Waals surface area (Å²) in [6.45, 7) is 0.178. The highest BCUT2D eigenvalue weighted by molar-refractivity contribution is 5.96. The number of hydrogen-bond acceptors (Lipinski definition) is 9. The fourth-order valence-corrected chi connectivity index (χ4v) is 3.50. The normalized spacial score (nSPS) is 12.2. The monoisotopic (exact) mass is 485 g/mol. The van der Waals surface area contributed by atoms with Crippen LogP contribution in [0.3, 0.4) is 0 Å². The Balaban J connectivity index is 1.16. The summed E-state index contributed by atoms with van der Waals surface area (Å²) in [5.74, 6) is 0.336. The molecular formula is C23H19N9O4. The summed E-state index contributed by atoms with van der Waals surface area (Å²) in [6.07, 6.45) is 1.32. The number of carbonyl (C=O) groups excluding carboxylic acids is 3. The fraction of sp³-hybridized carbons (Fsp3) is 0.130. The lowest BCUT2D eigenvalue weighted by Crippen LogP contribution is -2.26. The molecule has 3 amide bonds. The van der Waals surface area contributed by atoms with Gasteiger partial charge in [0, 0.05) is 18.2 Å². The van der Waals surface area contributed by atoms with Gasteiger partial charge in [-0.1, -0.05) is 30.3 Å². The van der Waals surface area contributed by atoms with Crippen LogP contribution in [0.15, 0.2) is 54.9 Å². The highest BCUT2D eigenvalue weighted by atomic mass is 16.5. The second kappa shape index (κ2) is 9.97. The van der Waals surface area contributed by atoms with Gasteiger partial charge >= 0.3 is 0 Å². The van der Waals surface area contributed by atoms with Gasteiger partial charge in [-0.3, -0.25) is 14.4 Å². The zero-order valence-corrected chi connectivity index (χ0v) is 18.7. The number of anilines is 2. The summed E-state index contributed by atoms with van der Waals surface area (Å²) in [4.78, 5) is 44.6. The number of rotatable bonds is 7. The van der Waals surface area contributed by atoms with Gasteiger partial charge < -0.3 is 20.7 Å². The Morgan fingerprint density at radius 3 is 2.67 bits per heavy atom. The van der Waals surface area contributed by atoms with Crippen LogP contribution in [0, 0.1) is 0 Å². The second-order valence-electron chi connectivity index (χ2n) is 7.81. The van der Waals surface area contributed by atoms with Gasteiger partial charge in [0.1, 0.15) is 23.6 Å². The van der Waals surface area contributed by atoms with E-state index in [-0.39, 0.29) is 42.9 Å². The predicted molar refractivity (Wildman–Crippen MR) is 126 cm³/mol. The zero-order valence-electron chi connectivity index (χ0n) is 18.7. The molecular weight excluding hydrogens is 466 g/mol. The van der Waals surface area contributed by atoms with Gasteiger partial charge in [-0.2, -0.15) is 0 Å². The van der Waals surface area contributed by atoms with Crippen LogP contribution in [0.25, 0.3) is 11.4 Å². The van der Waals surface area contributed by atoms with E-state index in [1.54, 1.807) is 42.5 Å². The summed E-state index contributed by atoms with van der Waals surface area (Å²) in [5, 5.41) is 21.8. The van der Waals surface area contributed by atoms with E-state index >= 15 is 0 Å². The van der Waals surface area contributed by atoms with E-state index in [0.29, 0.717) is 17.3 Å². The predicted octanol–water partition coefficient (Wildman–Crippen LogP) is 1.10. The lowest BCUT2D eigenvalue weighted by atomic mass is 10.1. The topological polar surface area (TPSA) is 177 Å². The molecule has 4 aromatic rings. The molecule has 1 aliphatic heterocycles. The Kier molecular flexibility index (Phi) is 6.25. The number of H-pyrrole nitrogens is 1. The van der Waals surface area contributed by atoms with E-state index in [0.717, 1.165) is 16.7 Å². The number of fused-ring (bicyclic) bond motifs is 1. The van der Waals surface area contributed by atoms with E-state index in [9.17, 15) is 14.4 Å². The molecule has 0 fully saturated rings. The first-order valence-corrected chi connectivity index (χ1v) is 10.8. The number of aromatic nitrogens is 6. The highest BCUT2D eigenvalue weighted by Crippen LogP contribution is 2.28. The van der Waals surface area contributed by atoms with Crippen molar-refractivity contribution in [3.05, 3.63) is 71.7 Å². The molecule has 0 atom stereocenters. The molecule has 0 spiro atoms. The Morgan fingerprint density at radius 1 is 1.03 bits per heavy atom. The van der Waals surface area contributed by atoms with Crippen molar-refractivity contribution in [1.29, 1.82) is 0 Å². The highest BCUT2D eigenvalue weighted by Gasteiger charge is 2.16. The summed E-state index contributed by atoms with van der Waals surface area (Å²) >= 11 is 0. The van der Waals surface area contributed by atoms with Gasteiger partial charge in [0.2, 0.25) is 5.91 Å². The van der Waals surface area contributed by atoms with E-state index in [2.05, 4.69) is 46.5 Å². The first-order valence-electron chi connectivity index (χ1n) is 10.8. The minimum atomic E-state index is -0.441. The number of ether oxygens (including phenoxy) is 1. The molecule has 0 aliphatic carbocycles. The van der Waals surface area contributed by atoms with Crippen LogP contribution in [0.1, 0.15) is 21.6 Å². The fourth-order valence-electron chi connectivity index (χ4n) is 3.50. The number of tetrazole rings is 1. The lowest BCUT2D eigenvalue weighted by Gasteiger charge is -2.18. The van der Waals surface area contributed by atoms with Crippen molar-refractivity contribution in [3.63, 3.8) is 0 Å². The minimum Gasteiger partial charge on any atom is -0.482 e. The number of nitrogens with zero attached hydrogens (tertiary/aromatic N) is 5. The SMILES string of the molecule is O=C(Cc1ccc(-c2nnn[nH]2)cc1)Nc1cc(C(=O)NCc2ccc3c(c2)NC(=O)CO3)ncn1. The molecule has 0 saturated carbocycles. The summed E-state index contributed by atoms with van der Waals surface area (Å²) in [5.41, 5.74) is 2.99. The molecule has 2 aromatic heterocycles. The third-order valence-corrected chi connectivity index (χ3v) is 5.23. The third-order valence-electron chi connectivity index (χ3n) is 5.23. The van der Waals surface area contributed by atoms with E-state index in [1.807, 2.05) is 0 Å². The van der Waals surface area contributed by atoms with Gasteiger partial charge in [0.05, 0.1) is 12.1 Å². The van der Waals surface area contributed by atoms with Crippen LogP contribution in [-0.4, -0.2) is 54.9 Å². The van der Waals surface area contributed by atoms with Crippen LogP contribution in [-0.2, 0) is 22.6 Å². The number of nitrogens with one attached hydrogen (secondary N) is 4. The number of amides is 3. The Bertz CT molecular complexity index is 1420. The van der Waals surface area contributed by atoms with Crippen LogP contribution in [0.4, 0.5) is 11.5 Å². The van der Waals surface area contributed by atoms with Crippen LogP contribution >= 0.6 is 0 Å². The molecule has 0 radical (unpaired) electrons. The Labute approximate surface area is 203 Å². The summed E-state index contributed by atoms with van der Waals surface area (Å²) in [6, 6.07) is 13.9. The van der Waals surface area contributed by atoms with Crippen molar-refractivity contribution in [3.8, 4) is 17.1 Å². The smallest absolute Gasteiger partial charge is 0.270 e. The average Bonchev–Trinajstić information content (AvgIpc) is 3.42. The van der Waals surface area contributed by atoms with Crippen LogP contribution < -0.4 is 20.7 Å². The van der Waals surface area contributed by atoms with Crippen molar-refractivity contribution in [2.45, 2.75) is 13.0 Å². The van der Waals surface area contributed by atoms with Gasteiger partial charge in [0.25, 0.3) is 11.8 Å².